The van der Waals surface area contributed by atoms with Gasteiger partial charge in [-0.05, 0) is 102 Å². The van der Waals surface area contributed by atoms with Crippen molar-refractivity contribution in [1.82, 2.24) is 0 Å². The lowest BCUT2D eigenvalue weighted by Crippen LogP contribution is -2.49. The van der Waals surface area contributed by atoms with Gasteiger partial charge in [-0.25, -0.2) is 4.79 Å². The molecule has 0 saturated heterocycles. The van der Waals surface area contributed by atoms with Crippen LogP contribution in [0.15, 0.2) is 6.07 Å². The van der Waals surface area contributed by atoms with Crippen molar-refractivity contribution >= 4 is 37.2 Å². The molecule has 1 amide bonds. The molecule has 1 aromatic rings. The van der Waals surface area contributed by atoms with E-state index < -0.39 is 14.3 Å². The average molecular weight is 602 g/mol. The number of anilines is 1. The zero-order chi connectivity index (χ0) is 30.6. The van der Waals surface area contributed by atoms with Crippen molar-refractivity contribution in [3.8, 4) is 11.8 Å². The predicted octanol–water partition coefficient (Wildman–Crippen LogP) is 9.20. The molecule has 2 aliphatic rings. The van der Waals surface area contributed by atoms with Crippen LogP contribution >= 0.6 is 11.3 Å². The highest BCUT2D eigenvalue weighted by molar-refractivity contribution is 7.15. The van der Waals surface area contributed by atoms with Gasteiger partial charge in [-0.3, -0.25) is 4.79 Å². The maximum absolute atomic E-state index is 14.3. The number of thiophene rings is 1. The third-order valence-electron chi connectivity index (χ3n) is 9.62. The van der Waals surface area contributed by atoms with Gasteiger partial charge in [0.2, 0.25) is 5.91 Å². The minimum absolute atomic E-state index is 0.00387. The molecule has 7 heteroatoms. The Balaban J connectivity index is 1.96. The summed E-state index contributed by atoms with van der Waals surface area (Å²) in [5, 5.41) is 0.166. The summed E-state index contributed by atoms with van der Waals surface area (Å²) in [6.45, 7) is 20.2. The van der Waals surface area contributed by atoms with Gasteiger partial charge in [0.1, 0.15) is 4.88 Å². The van der Waals surface area contributed by atoms with E-state index in [0.717, 1.165) is 69.1 Å². The Bertz CT molecular complexity index is 1110. The maximum atomic E-state index is 14.3. The molecule has 0 aliphatic heterocycles. The molecule has 1 heterocycles. The molecular weight excluding hydrogens is 547 g/mol. The van der Waals surface area contributed by atoms with E-state index in [0.29, 0.717) is 16.5 Å². The topological polar surface area (TPSA) is 55.8 Å². The molecule has 230 valence electrons. The fourth-order valence-electron chi connectivity index (χ4n) is 5.99. The first kappa shape index (κ1) is 33.9. The number of hydrogen-bond donors (Lipinski definition) is 0. The van der Waals surface area contributed by atoms with Crippen molar-refractivity contribution in [2.45, 2.75) is 143 Å². The normalized spacial score (nSPS) is 23.9. The quantitative estimate of drug-likeness (QED) is 0.169. The first-order valence-corrected chi connectivity index (χ1v) is 19.6. The van der Waals surface area contributed by atoms with Crippen LogP contribution < -0.4 is 4.90 Å². The van der Waals surface area contributed by atoms with Crippen molar-refractivity contribution in [3.63, 3.8) is 0 Å². The monoisotopic (exact) mass is 601 g/mol. The van der Waals surface area contributed by atoms with Gasteiger partial charge in [-0.2, -0.15) is 0 Å². The molecule has 0 aromatic carbocycles. The number of carbonyl (C=O) groups excluding carboxylic acids is 2. The van der Waals surface area contributed by atoms with Crippen molar-refractivity contribution in [1.29, 1.82) is 0 Å². The number of amides is 1. The molecule has 2 saturated carbocycles. The summed E-state index contributed by atoms with van der Waals surface area (Å²) in [5.74, 6) is 7.20. The first-order chi connectivity index (χ1) is 19.1. The Kier molecular flexibility index (Phi) is 11.4. The molecule has 41 heavy (non-hydrogen) atoms. The van der Waals surface area contributed by atoms with E-state index in [4.69, 9.17) is 9.16 Å². The van der Waals surface area contributed by atoms with Crippen LogP contribution in [0.1, 0.15) is 127 Å². The van der Waals surface area contributed by atoms with E-state index in [1.165, 1.54) is 18.4 Å². The SMILES string of the molecule is CCCC(C)(C)C#Cc1cc(N(C(=O)[C@H]2CC[C@H](C)CC2)[C@H]2CC[C@H](O[Si](C)(C)C(C)(C)C)CC2)c(C(=O)OC)s1. The standard InChI is InChI=1S/C34H55NO4SSi/c1-11-21-34(6,7)22-20-28-23-29(30(40-28)32(37)38-8)35(31(36)25-14-12-24(2)13-15-25)26-16-18-27(19-17-26)39-41(9,10)33(3,4)5/h23-27H,11-19,21H2,1-10H3/t24-,25-,26-,27-. The molecule has 5 nitrogen and oxygen atoms in total. The third kappa shape index (κ3) is 8.71. The number of esters is 1. The van der Waals surface area contributed by atoms with E-state index in [2.05, 4.69) is 73.4 Å². The smallest absolute Gasteiger partial charge is 0.350 e. The Morgan fingerprint density at radius 1 is 1.02 bits per heavy atom. The summed E-state index contributed by atoms with van der Waals surface area (Å²) in [6.07, 6.45) is 9.88. The number of rotatable bonds is 8. The summed E-state index contributed by atoms with van der Waals surface area (Å²) in [5.41, 5.74) is 0.582. The van der Waals surface area contributed by atoms with Crippen LogP contribution in [0.25, 0.3) is 0 Å². The number of carbonyl (C=O) groups is 2. The number of ether oxygens (including phenoxy) is 1. The van der Waals surface area contributed by atoms with E-state index in [1.807, 2.05) is 11.0 Å². The zero-order valence-corrected chi connectivity index (χ0v) is 29.3. The molecule has 0 spiro atoms. The third-order valence-corrected chi connectivity index (χ3v) is 15.2. The van der Waals surface area contributed by atoms with Gasteiger partial charge in [-0.1, -0.05) is 52.9 Å². The van der Waals surface area contributed by atoms with Gasteiger partial charge in [0.25, 0.3) is 0 Å². The van der Waals surface area contributed by atoms with Crippen LogP contribution in [0.4, 0.5) is 5.69 Å². The lowest BCUT2D eigenvalue weighted by Gasteiger charge is -2.43. The van der Waals surface area contributed by atoms with Gasteiger partial charge < -0.3 is 14.1 Å². The Hall–Kier alpha value is -1.62. The summed E-state index contributed by atoms with van der Waals surface area (Å²) in [4.78, 5) is 30.7. The predicted molar refractivity (Wildman–Crippen MR) is 174 cm³/mol. The second kappa shape index (κ2) is 13.8. The lowest BCUT2D eigenvalue weighted by atomic mass is 9.81. The number of hydrogen-bond acceptors (Lipinski definition) is 5. The largest absolute Gasteiger partial charge is 0.465 e. The lowest BCUT2D eigenvalue weighted by molar-refractivity contribution is -0.124. The zero-order valence-electron chi connectivity index (χ0n) is 27.4. The molecule has 2 aliphatic carbocycles. The second-order valence-corrected chi connectivity index (χ2v) is 20.5. The van der Waals surface area contributed by atoms with Gasteiger partial charge in [0.05, 0.1) is 17.7 Å². The molecule has 0 N–H and O–H groups in total. The van der Waals surface area contributed by atoms with E-state index in [1.54, 1.807) is 0 Å². The Morgan fingerprint density at radius 3 is 2.17 bits per heavy atom. The highest BCUT2D eigenvalue weighted by atomic mass is 32.1. The number of methoxy groups -OCH3 is 1. The molecule has 0 atom stereocenters. The second-order valence-electron chi connectivity index (χ2n) is 14.7. The fraction of sp³-hybridized carbons (Fsp3) is 0.765. The van der Waals surface area contributed by atoms with Crippen molar-refractivity contribution < 1.29 is 18.8 Å². The summed E-state index contributed by atoms with van der Waals surface area (Å²) < 4.78 is 12.0. The molecule has 0 unspecified atom stereocenters. The summed E-state index contributed by atoms with van der Waals surface area (Å²) in [6, 6.07) is 2.02. The van der Waals surface area contributed by atoms with E-state index in [-0.39, 0.29) is 34.4 Å². The average Bonchev–Trinajstić information content (AvgIpc) is 3.31. The van der Waals surface area contributed by atoms with Gasteiger partial charge in [-0.15, -0.1) is 11.3 Å². The summed E-state index contributed by atoms with van der Waals surface area (Å²) >= 11 is 1.36. The minimum Gasteiger partial charge on any atom is -0.465 e. The molecule has 1 aromatic heterocycles. The molecule has 0 radical (unpaired) electrons. The van der Waals surface area contributed by atoms with Gasteiger partial charge >= 0.3 is 5.97 Å². The Morgan fingerprint density at radius 2 is 1.63 bits per heavy atom. The van der Waals surface area contributed by atoms with Crippen LogP contribution in [0.2, 0.25) is 18.1 Å². The molecular formula is C34H55NO4SSi. The van der Waals surface area contributed by atoms with E-state index >= 15 is 0 Å². The van der Waals surface area contributed by atoms with Crippen LogP contribution in [-0.2, 0) is 14.0 Å². The Labute approximate surface area is 255 Å². The van der Waals surface area contributed by atoms with Gasteiger partial charge in [0.15, 0.2) is 8.32 Å². The van der Waals surface area contributed by atoms with Crippen molar-refractivity contribution in [2.75, 3.05) is 12.0 Å². The van der Waals surface area contributed by atoms with Crippen LogP contribution in [0.5, 0.6) is 0 Å². The highest BCUT2D eigenvalue weighted by Crippen LogP contribution is 2.42. The molecule has 0 bridgehead atoms. The van der Waals surface area contributed by atoms with Crippen molar-refractivity contribution in [3.05, 3.63) is 15.8 Å². The van der Waals surface area contributed by atoms with E-state index in [9.17, 15) is 9.59 Å². The summed E-state index contributed by atoms with van der Waals surface area (Å²) in [7, 11) is -0.456. The minimum atomic E-state index is -1.87. The molecule has 3 rings (SSSR count). The van der Waals surface area contributed by atoms with Crippen molar-refractivity contribution in [2.24, 2.45) is 17.3 Å². The van der Waals surface area contributed by atoms with Crippen LogP contribution in [0, 0.1) is 29.1 Å². The number of nitrogens with zero attached hydrogens (tertiary/aromatic N) is 1. The first-order valence-electron chi connectivity index (χ1n) is 15.8. The molecule has 2 fully saturated rings. The highest BCUT2D eigenvalue weighted by Gasteiger charge is 2.42. The van der Waals surface area contributed by atoms with Crippen LogP contribution in [0.3, 0.4) is 0 Å². The fourth-order valence-corrected chi connectivity index (χ4v) is 8.34. The maximum Gasteiger partial charge on any atom is 0.350 e. The van der Waals surface area contributed by atoms with Gasteiger partial charge in [0, 0.05) is 23.5 Å². The van der Waals surface area contributed by atoms with Crippen LogP contribution in [-0.4, -0.2) is 39.4 Å².